The molecule has 1 unspecified atom stereocenters. The Hall–Kier alpha value is -2.49. The first-order valence-corrected chi connectivity index (χ1v) is 8.03. The van der Waals surface area contributed by atoms with Gasteiger partial charge in [0, 0.05) is 12.0 Å². The summed E-state index contributed by atoms with van der Waals surface area (Å²) < 4.78 is 11.4. The summed E-state index contributed by atoms with van der Waals surface area (Å²) in [5, 5.41) is 3.09. The van der Waals surface area contributed by atoms with Gasteiger partial charge in [0.05, 0.1) is 19.3 Å². The van der Waals surface area contributed by atoms with Crippen molar-refractivity contribution >= 4 is 5.91 Å². The van der Waals surface area contributed by atoms with Crippen molar-refractivity contribution in [3.05, 3.63) is 59.7 Å². The van der Waals surface area contributed by atoms with Crippen LogP contribution in [0.4, 0.5) is 0 Å². The zero-order valence-electron chi connectivity index (χ0n) is 13.2. The summed E-state index contributed by atoms with van der Waals surface area (Å²) in [5.41, 5.74) is 1.70. The molecule has 1 atom stereocenters. The third kappa shape index (κ3) is 3.65. The van der Waals surface area contributed by atoms with Crippen molar-refractivity contribution in [2.24, 2.45) is 0 Å². The highest BCUT2D eigenvalue weighted by Crippen LogP contribution is 2.33. The lowest BCUT2D eigenvalue weighted by atomic mass is 10.0. The van der Waals surface area contributed by atoms with Gasteiger partial charge in [0.25, 0.3) is 5.91 Å². The fourth-order valence-corrected chi connectivity index (χ4v) is 2.65. The number of rotatable bonds is 4. The van der Waals surface area contributed by atoms with Crippen LogP contribution in [-0.2, 0) is 0 Å². The van der Waals surface area contributed by atoms with E-state index >= 15 is 0 Å². The lowest BCUT2D eigenvalue weighted by Crippen LogP contribution is -2.28. The number of benzene rings is 2. The van der Waals surface area contributed by atoms with E-state index in [1.54, 1.807) is 0 Å². The summed E-state index contributed by atoms with van der Waals surface area (Å²) in [4.78, 5) is 12.4. The minimum Gasteiger partial charge on any atom is -0.490 e. The van der Waals surface area contributed by atoms with Crippen LogP contribution in [0.1, 0.15) is 41.7 Å². The molecule has 23 heavy (non-hydrogen) atoms. The van der Waals surface area contributed by atoms with Crippen LogP contribution < -0.4 is 14.8 Å². The van der Waals surface area contributed by atoms with E-state index in [2.05, 4.69) is 12.2 Å². The predicted octanol–water partition coefficient (Wildman–Crippen LogP) is 3.73. The van der Waals surface area contributed by atoms with Crippen LogP contribution in [0.3, 0.4) is 0 Å². The number of carbonyl (C=O) groups is 1. The number of carbonyl (C=O) groups excluding carboxylic acids is 1. The molecule has 1 aliphatic rings. The monoisotopic (exact) mass is 311 g/mol. The standard InChI is InChI=1S/C19H21NO3/c1-2-16(20-19(21)14-7-4-3-5-8-14)15-9-10-17-18(13-15)23-12-6-11-22-17/h3-5,7-10,13,16H,2,6,11-12H2,1H3,(H,20,21). The SMILES string of the molecule is CCC(NC(=O)c1ccccc1)c1ccc2c(c1)OCCCO2. The molecule has 0 saturated carbocycles. The van der Waals surface area contributed by atoms with Crippen LogP contribution in [0.2, 0.25) is 0 Å². The van der Waals surface area contributed by atoms with Gasteiger partial charge in [0.1, 0.15) is 0 Å². The quantitative estimate of drug-likeness (QED) is 0.936. The normalized spacial score (nSPS) is 14.7. The van der Waals surface area contributed by atoms with Crippen molar-refractivity contribution < 1.29 is 14.3 Å². The van der Waals surface area contributed by atoms with Gasteiger partial charge in [-0.3, -0.25) is 4.79 Å². The van der Waals surface area contributed by atoms with E-state index in [-0.39, 0.29) is 11.9 Å². The fourth-order valence-electron chi connectivity index (χ4n) is 2.65. The van der Waals surface area contributed by atoms with Crippen molar-refractivity contribution in [3.63, 3.8) is 0 Å². The van der Waals surface area contributed by atoms with E-state index in [1.165, 1.54) is 0 Å². The van der Waals surface area contributed by atoms with Gasteiger partial charge in [-0.05, 0) is 36.2 Å². The smallest absolute Gasteiger partial charge is 0.251 e. The number of hydrogen-bond acceptors (Lipinski definition) is 3. The van der Waals surface area contributed by atoms with Crippen LogP contribution in [0.15, 0.2) is 48.5 Å². The Balaban J connectivity index is 1.78. The van der Waals surface area contributed by atoms with Crippen molar-refractivity contribution in [2.75, 3.05) is 13.2 Å². The molecule has 0 saturated heterocycles. The van der Waals surface area contributed by atoms with Crippen LogP contribution >= 0.6 is 0 Å². The summed E-state index contributed by atoms with van der Waals surface area (Å²) in [5.74, 6) is 1.47. The van der Waals surface area contributed by atoms with Gasteiger partial charge in [-0.15, -0.1) is 0 Å². The lowest BCUT2D eigenvalue weighted by molar-refractivity contribution is 0.0935. The minimum absolute atomic E-state index is 0.0557. The first-order chi connectivity index (χ1) is 11.3. The third-order valence-corrected chi connectivity index (χ3v) is 3.92. The second kappa shape index (κ2) is 7.18. The molecule has 0 fully saturated rings. The highest BCUT2D eigenvalue weighted by molar-refractivity contribution is 5.94. The average molecular weight is 311 g/mol. The van der Waals surface area contributed by atoms with Crippen molar-refractivity contribution in [3.8, 4) is 11.5 Å². The molecule has 0 aromatic heterocycles. The van der Waals surface area contributed by atoms with Gasteiger partial charge >= 0.3 is 0 Å². The molecule has 2 aromatic carbocycles. The van der Waals surface area contributed by atoms with Crippen molar-refractivity contribution in [1.82, 2.24) is 5.32 Å². The minimum atomic E-state index is -0.0652. The summed E-state index contributed by atoms with van der Waals surface area (Å²) in [6.07, 6.45) is 1.68. The van der Waals surface area contributed by atoms with Gasteiger partial charge in [-0.25, -0.2) is 0 Å². The summed E-state index contributed by atoms with van der Waals surface area (Å²) in [7, 11) is 0. The van der Waals surface area contributed by atoms with Crippen LogP contribution in [0.5, 0.6) is 11.5 Å². The summed E-state index contributed by atoms with van der Waals surface area (Å²) in [6.45, 7) is 3.39. The predicted molar refractivity (Wildman–Crippen MR) is 89.0 cm³/mol. The Kier molecular flexibility index (Phi) is 4.81. The zero-order valence-corrected chi connectivity index (χ0v) is 13.2. The van der Waals surface area contributed by atoms with E-state index in [0.29, 0.717) is 18.8 Å². The summed E-state index contributed by atoms with van der Waals surface area (Å²) in [6, 6.07) is 15.1. The van der Waals surface area contributed by atoms with E-state index in [0.717, 1.165) is 29.9 Å². The van der Waals surface area contributed by atoms with E-state index in [9.17, 15) is 4.79 Å². The van der Waals surface area contributed by atoms with Gasteiger partial charge in [0.15, 0.2) is 11.5 Å². The van der Waals surface area contributed by atoms with Crippen LogP contribution in [-0.4, -0.2) is 19.1 Å². The molecule has 1 N–H and O–H groups in total. The highest BCUT2D eigenvalue weighted by atomic mass is 16.5. The Bertz CT molecular complexity index is 670. The second-order valence-electron chi connectivity index (χ2n) is 5.56. The highest BCUT2D eigenvalue weighted by Gasteiger charge is 2.17. The maximum atomic E-state index is 12.4. The second-order valence-corrected chi connectivity index (χ2v) is 5.56. The molecule has 0 spiro atoms. The van der Waals surface area contributed by atoms with Gasteiger partial charge in [-0.2, -0.15) is 0 Å². The molecule has 1 heterocycles. The van der Waals surface area contributed by atoms with Crippen molar-refractivity contribution in [1.29, 1.82) is 0 Å². The Morgan fingerprint density at radius 1 is 1.09 bits per heavy atom. The zero-order chi connectivity index (χ0) is 16.1. The van der Waals surface area contributed by atoms with Gasteiger partial charge in [-0.1, -0.05) is 31.2 Å². The molecule has 1 amide bonds. The largest absolute Gasteiger partial charge is 0.490 e. The maximum Gasteiger partial charge on any atom is 0.251 e. The van der Waals surface area contributed by atoms with E-state index < -0.39 is 0 Å². The molecule has 0 radical (unpaired) electrons. The molecule has 120 valence electrons. The van der Waals surface area contributed by atoms with E-state index in [4.69, 9.17) is 9.47 Å². The van der Waals surface area contributed by atoms with Gasteiger partial charge < -0.3 is 14.8 Å². The number of nitrogens with one attached hydrogen (secondary N) is 1. The van der Waals surface area contributed by atoms with Crippen LogP contribution in [0, 0.1) is 0 Å². The maximum absolute atomic E-state index is 12.4. The Morgan fingerprint density at radius 3 is 2.57 bits per heavy atom. The topological polar surface area (TPSA) is 47.6 Å². The van der Waals surface area contributed by atoms with Crippen LogP contribution in [0.25, 0.3) is 0 Å². The molecular weight excluding hydrogens is 290 g/mol. The molecule has 3 rings (SSSR count). The number of ether oxygens (including phenoxy) is 2. The Labute approximate surface area is 136 Å². The van der Waals surface area contributed by atoms with E-state index in [1.807, 2.05) is 48.5 Å². The first kappa shape index (κ1) is 15.4. The molecule has 4 nitrogen and oxygen atoms in total. The fraction of sp³-hybridized carbons (Fsp3) is 0.316. The molecule has 0 aliphatic carbocycles. The molecule has 2 aromatic rings. The number of hydrogen-bond donors (Lipinski definition) is 1. The van der Waals surface area contributed by atoms with Gasteiger partial charge in [0.2, 0.25) is 0 Å². The Morgan fingerprint density at radius 2 is 1.83 bits per heavy atom. The molecule has 1 aliphatic heterocycles. The number of amides is 1. The summed E-state index contributed by atoms with van der Waals surface area (Å²) >= 11 is 0. The lowest BCUT2D eigenvalue weighted by Gasteiger charge is -2.19. The molecule has 4 heteroatoms. The van der Waals surface area contributed by atoms with Crippen molar-refractivity contribution in [2.45, 2.75) is 25.8 Å². The third-order valence-electron chi connectivity index (χ3n) is 3.92. The molecular formula is C19H21NO3. The number of fused-ring (bicyclic) bond motifs is 1. The molecule has 0 bridgehead atoms. The average Bonchev–Trinajstić information content (AvgIpc) is 2.85. The first-order valence-electron chi connectivity index (χ1n) is 8.03.